The van der Waals surface area contributed by atoms with Crippen molar-refractivity contribution in [2.45, 2.75) is 32.1 Å². The average molecular weight is 396 g/mol. The molecular weight excluding hydrogens is 370 g/mol. The number of hydrogen-bond donors (Lipinski definition) is 0. The molecule has 2 fully saturated rings. The third kappa shape index (κ3) is 3.76. The summed E-state index contributed by atoms with van der Waals surface area (Å²) in [6.07, 6.45) is 0. The Morgan fingerprint density at radius 1 is 1.19 bits per heavy atom. The van der Waals surface area contributed by atoms with E-state index in [-0.39, 0.29) is 28.7 Å². The molecule has 1 amide bonds. The van der Waals surface area contributed by atoms with Gasteiger partial charge in [-0.1, -0.05) is 32.5 Å². The molecule has 0 aromatic heterocycles. The van der Waals surface area contributed by atoms with Crippen LogP contribution in [0, 0.1) is 5.41 Å². The van der Waals surface area contributed by atoms with Crippen LogP contribution in [0.2, 0.25) is 0 Å². The lowest BCUT2D eigenvalue weighted by atomic mass is 9.96. The Morgan fingerprint density at radius 3 is 2.35 bits per heavy atom. The van der Waals surface area contributed by atoms with Gasteiger partial charge in [-0.3, -0.25) is 4.79 Å². The molecule has 0 radical (unpaired) electrons. The molecule has 2 aliphatic heterocycles. The lowest BCUT2D eigenvalue weighted by Crippen LogP contribution is -2.38. The zero-order valence-electron chi connectivity index (χ0n) is 15.8. The third-order valence-electron chi connectivity index (χ3n) is 4.55. The second-order valence-electron chi connectivity index (χ2n) is 8.03. The van der Waals surface area contributed by atoms with E-state index in [0.717, 1.165) is 11.4 Å². The Morgan fingerprint density at radius 2 is 1.81 bits per heavy atom. The molecule has 3 rings (SSSR count). The number of fused-ring (bicyclic) bond motifs is 1. The molecule has 0 unspecified atom stereocenters. The third-order valence-corrected chi connectivity index (χ3v) is 7.76. The minimum atomic E-state index is -3.06. The zero-order chi connectivity index (χ0) is 19.3. The summed E-state index contributed by atoms with van der Waals surface area (Å²) in [7, 11) is 0.876. The lowest BCUT2D eigenvalue weighted by molar-refractivity contribution is -0.124. The molecule has 6 nitrogen and oxygen atoms in total. The van der Waals surface area contributed by atoms with Crippen LogP contribution >= 0.6 is 11.8 Å². The number of carbonyl (C=O) groups excluding carboxylic acids is 1. The Kier molecular flexibility index (Phi) is 4.85. The fourth-order valence-corrected chi connectivity index (χ4v) is 6.94. The van der Waals surface area contributed by atoms with Crippen molar-refractivity contribution in [3.63, 3.8) is 0 Å². The fraction of sp³-hybridized carbons (Fsp3) is 0.556. The van der Waals surface area contributed by atoms with Crippen LogP contribution in [0.4, 0.5) is 11.4 Å². The number of amidine groups is 1. The van der Waals surface area contributed by atoms with Gasteiger partial charge in [-0.15, -0.1) is 0 Å². The summed E-state index contributed by atoms with van der Waals surface area (Å²) in [6, 6.07) is 7.71. The van der Waals surface area contributed by atoms with Crippen molar-refractivity contribution < 1.29 is 13.2 Å². The summed E-state index contributed by atoms with van der Waals surface area (Å²) < 4.78 is 24.2. The smallest absolute Gasteiger partial charge is 0.253 e. The summed E-state index contributed by atoms with van der Waals surface area (Å²) in [5.74, 6) is 0.0397. The first kappa shape index (κ1) is 19.2. The number of amides is 1. The van der Waals surface area contributed by atoms with E-state index in [1.54, 1.807) is 0 Å². The highest BCUT2D eigenvalue weighted by Gasteiger charge is 2.49. The summed E-state index contributed by atoms with van der Waals surface area (Å²) in [6.45, 7) is 5.50. The van der Waals surface area contributed by atoms with E-state index in [9.17, 15) is 13.2 Å². The first-order valence-electron chi connectivity index (χ1n) is 8.55. The number of rotatable bonds is 2. The first-order chi connectivity index (χ1) is 12.0. The van der Waals surface area contributed by atoms with Gasteiger partial charge < -0.3 is 9.80 Å². The predicted octanol–water partition coefficient (Wildman–Crippen LogP) is 2.40. The highest BCUT2D eigenvalue weighted by molar-refractivity contribution is 8.16. The first-order valence-corrected chi connectivity index (χ1v) is 11.2. The van der Waals surface area contributed by atoms with Crippen LogP contribution in [0.5, 0.6) is 0 Å². The molecule has 8 heteroatoms. The molecule has 2 heterocycles. The van der Waals surface area contributed by atoms with Crippen molar-refractivity contribution in [1.29, 1.82) is 0 Å². The van der Waals surface area contributed by atoms with Crippen LogP contribution in [0.1, 0.15) is 20.8 Å². The molecule has 0 bridgehead atoms. The van der Waals surface area contributed by atoms with Gasteiger partial charge in [0.15, 0.2) is 15.0 Å². The molecule has 2 aliphatic rings. The van der Waals surface area contributed by atoms with Crippen LogP contribution in [-0.4, -0.2) is 56.4 Å². The minimum absolute atomic E-state index is 0.0833. The van der Waals surface area contributed by atoms with Crippen molar-refractivity contribution in [1.82, 2.24) is 0 Å². The van der Waals surface area contributed by atoms with Gasteiger partial charge in [0, 0.05) is 36.1 Å². The maximum Gasteiger partial charge on any atom is 0.253 e. The molecule has 0 spiro atoms. The number of hydrogen-bond acceptors (Lipinski definition) is 5. The molecule has 2 atom stereocenters. The van der Waals surface area contributed by atoms with E-state index in [4.69, 9.17) is 0 Å². The van der Waals surface area contributed by atoms with Gasteiger partial charge in [-0.05, 0) is 24.3 Å². The SMILES string of the molecule is CN(C)c1ccc(N2C(=NC(=O)C(C)(C)C)S[C@@H]3CS(=O)(=O)C[C@H]32)cc1. The minimum Gasteiger partial charge on any atom is -0.378 e. The van der Waals surface area contributed by atoms with Crippen LogP contribution in [-0.2, 0) is 14.6 Å². The molecular formula is C18H25N3O3S2. The molecule has 2 saturated heterocycles. The monoisotopic (exact) mass is 395 g/mol. The highest BCUT2D eigenvalue weighted by atomic mass is 32.2. The van der Waals surface area contributed by atoms with Gasteiger partial charge in [0.1, 0.15) is 0 Å². The maximum absolute atomic E-state index is 12.4. The van der Waals surface area contributed by atoms with Crippen LogP contribution in [0.15, 0.2) is 29.3 Å². The fourth-order valence-electron chi connectivity index (χ4n) is 3.03. The number of anilines is 2. The highest BCUT2D eigenvalue weighted by Crippen LogP contribution is 2.41. The quantitative estimate of drug-likeness (QED) is 0.766. The second kappa shape index (κ2) is 6.56. The Balaban J connectivity index is 2.00. The van der Waals surface area contributed by atoms with Crippen molar-refractivity contribution >= 4 is 44.0 Å². The predicted molar refractivity (Wildman–Crippen MR) is 109 cm³/mol. The van der Waals surface area contributed by atoms with Crippen molar-refractivity contribution in [2.75, 3.05) is 35.4 Å². The molecule has 142 valence electrons. The topological polar surface area (TPSA) is 70.0 Å². The number of thioether (sulfide) groups is 1. The van der Waals surface area contributed by atoms with Crippen molar-refractivity contribution in [2.24, 2.45) is 10.4 Å². The number of benzene rings is 1. The normalized spacial score (nSPS) is 26.2. The van der Waals surface area contributed by atoms with E-state index in [2.05, 4.69) is 4.99 Å². The van der Waals surface area contributed by atoms with E-state index in [0.29, 0.717) is 5.17 Å². The Bertz CT molecular complexity index is 839. The number of nitrogens with zero attached hydrogens (tertiary/aromatic N) is 3. The lowest BCUT2D eigenvalue weighted by Gasteiger charge is -2.26. The van der Waals surface area contributed by atoms with Crippen molar-refractivity contribution in [3.05, 3.63) is 24.3 Å². The van der Waals surface area contributed by atoms with Gasteiger partial charge in [-0.2, -0.15) is 4.99 Å². The summed E-state index contributed by atoms with van der Waals surface area (Å²) in [5.41, 5.74) is 1.35. The van der Waals surface area contributed by atoms with Gasteiger partial charge >= 0.3 is 0 Å². The maximum atomic E-state index is 12.4. The van der Waals surface area contributed by atoms with Gasteiger partial charge in [-0.25, -0.2) is 8.42 Å². The molecule has 0 N–H and O–H groups in total. The molecule has 0 aliphatic carbocycles. The largest absolute Gasteiger partial charge is 0.378 e. The van der Waals surface area contributed by atoms with Gasteiger partial charge in [0.2, 0.25) is 0 Å². The van der Waals surface area contributed by atoms with Gasteiger partial charge in [0.25, 0.3) is 5.91 Å². The van der Waals surface area contributed by atoms with E-state index < -0.39 is 15.3 Å². The number of sulfone groups is 1. The van der Waals surface area contributed by atoms with Gasteiger partial charge in [0.05, 0.1) is 17.5 Å². The average Bonchev–Trinajstić information content (AvgIpc) is 2.97. The summed E-state index contributed by atoms with van der Waals surface area (Å²) in [5, 5.41) is 0.521. The van der Waals surface area contributed by atoms with Crippen LogP contribution in [0.25, 0.3) is 0 Å². The summed E-state index contributed by atoms with van der Waals surface area (Å²) >= 11 is 1.41. The van der Waals surface area contributed by atoms with E-state index in [1.165, 1.54) is 11.8 Å². The number of carbonyl (C=O) groups is 1. The summed E-state index contributed by atoms with van der Waals surface area (Å²) in [4.78, 5) is 20.7. The zero-order valence-corrected chi connectivity index (χ0v) is 17.4. The molecule has 1 aromatic carbocycles. The van der Waals surface area contributed by atoms with Crippen molar-refractivity contribution in [3.8, 4) is 0 Å². The van der Waals surface area contributed by atoms with Crippen LogP contribution in [0.3, 0.4) is 0 Å². The molecule has 26 heavy (non-hydrogen) atoms. The molecule has 0 saturated carbocycles. The van der Waals surface area contributed by atoms with Crippen LogP contribution < -0.4 is 9.80 Å². The standard InChI is InChI=1S/C18H25N3O3S2/c1-18(2,3)16(22)19-17-21(13-8-6-12(7-9-13)20(4)5)14-10-26(23,24)11-15(14)25-17/h6-9,14-15H,10-11H2,1-5H3/t14-,15-/m1/s1. The number of aliphatic imine (C=N–C) groups is 1. The molecule has 1 aromatic rings. The second-order valence-corrected chi connectivity index (χ2v) is 11.4. The Labute approximate surface area is 159 Å². The van der Waals surface area contributed by atoms with E-state index >= 15 is 0 Å². The Hall–Kier alpha value is -1.54. The van der Waals surface area contributed by atoms with E-state index in [1.807, 2.05) is 68.9 Å².